The maximum absolute atomic E-state index is 12.9. The molecule has 1 amide bonds. The molecule has 1 saturated heterocycles. The van der Waals surface area contributed by atoms with Crippen LogP contribution in [0.5, 0.6) is 0 Å². The van der Waals surface area contributed by atoms with Gasteiger partial charge in [0, 0.05) is 54.7 Å². The fourth-order valence-corrected chi connectivity index (χ4v) is 5.68. The molecule has 0 bridgehead atoms. The molecule has 1 aliphatic carbocycles. The van der Waals surface area contributed by atoms with Gasteiger partial charge < -0.3 is 15.1 Å². The van der Waals surface area contributed by atoms with E-state index in [0.717, 1.165) is 62.3 Å². The molecule has 188 valence electrons. The number of carbonyl (C=O) groups is 1. The van der Waals surface area contributed by atoms with Crippen molar-refractivity contribution >= 4 is 23.2 Å². The van der Waals surface area contributed by atoms with Crippen LogP contribution in [0.4, 0.5) is 5.69 Å². The van der Waals surface area contributed by atoms with Crippen LogP contribution in [0.25, 0.3) is 11.3 Å². The third-order valence-corrected chi connectivity index (χ3v) is 7.79. The second kappa shape index (κ2) is 10.6. The number of nitrogens with zero attached hydrogens (tertiary/aromatic N) is 4. The number of halogens is 1. The van der Waals surface area contributed by atoms with Gasteiger partial charge in [0.15, 0.2) is 0 Å². The van der Waals surface area contributed by atoms with Crippen LogP contribution in [0.3, 0.4) is 0 Å². The van der Waals surface area contributed by atoms with Crippen molar-refractivity contribution < 1.29 is 4.79 Å². The number of hydrogen-bond donors (Lipinski definition) is 1. The normalized spacial score (nSPS) is 18.1. The first-order chi connectivity index (χ1) is 17.4. The maximum Gasteiger partial charge on any atom is 0.226 e. The Labute approximate surface area is 218 Å². The van der Waals surface area contributed by atoms with E-state index >= 15 is 0 Å². The molecule has 6 nitrogen and oxygen atoms in total. The number of hydrogen-bond acceptors (Lipinski definition) is 5. The first kappa shape index (κ1) is 24.7. The average molecular weight is 504 g/mol. The van der Waals surface area contributed by atoms with E-state index in [9.17, 15) is 4.79 Å². The Morgan fingerprint density at radius 1 is 1.03 bits per heavy atom. The van der Waals surface area contributed by atoms with E-state index in [1.165, 1.54) is 22.4 Å². The lowest BCUT2D eigenvalue weighted by Crippen LogP contribution is -2.45. The summed E-state index contributed by atoms with van der Waals surface area (Å²) in [4.78, 5) is 26.9. The molecule has 0 spiro atoms. The molecule has 1 fully saturated rings. The topological polar surface area (TPSA) is 61.4 Å². The van der Waals surface area contributed by atoms with Gasteiger partial charge in [0.25, 0.3) is 0 Å². The number of aromatic nitrogens is 2. The van der Waals surface area contributed by atoms with Crippen molar-refractivity contribution in [2.45, 2.75) is 45.6 Å². The van der Waals surface area contributed by atoms with Crippen molar-refractivity contribution in [2.24, 2.45) is 0 Å². The molecule has 7 heteroatoms. The summed E-state index contributed by atoms with van der Waals surface area (Å²) in [7, 11) is 2.18. The first-order valence-corrected chi connectivity index (χ1v) is 13.2. The Kier molecular flexibility index (Phi) is 7.26. The zero-order chi connectivity index (χ0) is 25.2. The van der Waals surface area contributed by atoms with Crippen LogP contribution in [0.1, 0.15) is 34.4 Å². The van der Waals surface area contributed by atoms with E-state index in [2.05, 4.69) is 51.2 Å². The zero-order valence-electron chi connectivity index (χ0n) is 21.4. The van der Waals surface area contributed by atoms with Gasteiger partial charge in [-0.25, -0.2) is 0 Å². The van der Waals surface area contributed by atoms with Crippen LogP contribution in [0.2, 0.25) is 5.02 Å². The molecule has 1 N–H and O–H groups in total. The molecule has 1 aromatic heterocycles. The lowest BCUT2D eigenvalue weighted by atomic mass is 9.84. The number of anilines is 1. The smallest absolute Gasteiger partial charge is 0.226 e. The predicted octanol–water partition coefficient (Wildman–Crippen LogP) is 4.38. The third kappa shape index (κ3) is 5.40. The van der Waals surface area contributed by atoms with Crippen molar-refractivity contribution in [3.8, 4) is 11.3 Å². The fourth-order valence-electron chi connectivity index (χ4n) is 5.45. The number of rotatable bonds is 5. The quantitative estimate of drug-likeness (QED) is 0.560. The standard InChI is InChI=1S/C29H34ClN5O/c1-19-4-9-28(35-12-10-34(3)11-13-35)26-15-22(6-8-24(19)26)33-29(36)16-23-17-32-27(18-31-23)25-7-5-21(30)14-20(25)2/h4-5,7,9,14,17-18,22H,6,8,10-13,15-16H2,1-3H3,(H,33,36)/t22-/m0/s1. The van der Waals surface area contributed by atoms with Crippen LogP contribution in [-0.4, -0.2) is 60.0 Å². The second-order valence-electron chi connectivity index (χ2n) is 10.2. The summed E-state index contributed by atoms with van der Waals surface area (Å²) in [6, 6.07) is 10.4. The Bertz CT molecular complexity index is 1250. The Hall–Kier alpha value is -2.96. The van der Waals surface area contributed by atoms with Crippen LogP contribution in [0.15, 0.2) is 42.7 Å². The van der Waals surface area contributed by atoms with Gasteiger partial charge in [-0.2, -0.15) is 0 Å². The molecule has 5 rings (SSSR count). The number of piperazine rings is 1. The number of amides is 1. The van der Waals surface area contributed by atoms with Crippen molar-refractivity contribution in [3.63, 3.8) is 0 Å². The number of benzene rings is 2. The number of nitrogens with one attached hydrogen (secondary N) is 1. The summed E-state index contributed by atoms with van der Waals surface area (Å²) >= 11 is 6.07. The summed E-state index contributed by atoms with van der Waals surface area (Å²) in [5, 5.41) is 3.98. The van der Waals surface area contributed by atoms with E-state index < -0.39 is 0 Å². The monoisotopic (exact) mass is 503 g/mol. The van der Waals surface area contributed by atoms with Crippen LogP contribution in [-0.2, 0) is 24.1 Å². The maximum atomic E-state index is 12.9. The molecule has 0 radical (unpaired) electrons. The number of carbonyl (C=O) groups excluding carboxylic acids is 1. The van der Waals surface area contributed by atoms with Crippen molar-refractivity contribution in [1.29, 1.82) is 0 Å². The van der Waals surface area contributed by atoms with Gasteiger partial charge >= 0.3 is 0 Å². The molecular weight excluding hydrogens is 470 g/mol. The molecule has 1 atom stereocenters. The van der Waals surface area contributed by atoms with Gasteiger partial charge in [-0.15, -0.1) is 0 Å². The highest BCUT2D eigenvalue weighted by atomic mass is 35.5. The number of fused-ring (bicyclic) bond motifs is 1. The molecule has 2 aromatic carbocycles. The zero-order valence-corrected chi connectivity index (χ0v) is 22.1. The minimum atomic E-state index is 0.00183. The summed E-state index contributed by atoms with van der Waals surface area (Å²) in [6.07, 6.45) is 6.52. The third-order valence-electron chi connectivity index (χ3n) is 7.55. The lowest BCUT2D eigenvalue weighted by molar-refractivity contribution is -0.121. The minimum absolute atomic E-state index is 0.00183. The van der Waals surface area contributed by atoms with Crippen LogP contribution in [0, 0.1) is 13.8 Å². The van der Waals surface area contributed by atoms with Gasteiger partial charge in [-0.3, -0.25) is 14.8 Å². The molecule has 0 unspecified atom stereocenters. The highest BCUT2D eigenvalue weighted by Crippen LogP contribution is 2.33. The first-order valence-electron chi connectivity index (χ1n) is 12.8. The van der Waals surface area contributed by atoms with E-state index in [1.807, 2.05) is 25.1 Å². The van der Waals surface area contributed by atoms with Crippen molar-refractivity contribution in [1.82, 2.24) is 20.2 Å². The Morgan fingerprint density at radius 3 is 2.56 bits per heavy atom. The summed E-state index contributed by atoms with van der Waals surface area (Å²) in [5.41, 5.74) is 9.09. The molecule has 0 saturated carbocycles. The van der Waals surface area contributed by atoms with Gasteiger partial charge in [0.2, 0.25) is 5.91 Å². The molecule has 36 heavy (non-hydrogen) atoms. The van der Waals surface area contributed by atoms with Gasteiger partial charge in [-0.1, -0.05) is 23.7 Å². The summed E-state index contributed by atoms with van der Waals surface area (Å²) in [6.45, 7) is 8.48. The Balaban J connectivity index is 1.24. The van der Waals surface area contributed by atoms with Crippen molar-refractivity contribution in [2.75, 3.05) is 38.1 Å². The molecule has 2 aliphatic rings. The lowest BCUT2D eigenvalue weighted by Gasteiger charge is -2.37. The predicted molar refractivity (Wildman–Crippen MR) is 146 cm³/mol. The van der Waals surface area contributed by atoms with Gasteiger partial charge in [0.1, 0.15) is 0 Å². The second-order valence-corrected chi connectivity index (χ2v) is 10.6. The molecule has 1 aliphatic heterocycles. The van der Waals surface area contributed by atoms with E-state index in [0.29, 0.717) is 10.7 Å². The van der Waals surface area contributed by atoms with E-state index in [4.69, 9.17) is 11.6 Å². The highest BCUT2D eigenvalue weighted by molar-refractivity contribution is 6.30. The van der Waals surface area contributed by atoms with E-state index in [1.54, 1.807) is 12.4 Å². The minimum Gasteiger partial charge on any atom is -0.369 e. The molecule has 2 heterocycles. The van der Waals surface area contributed by atoms with E-state index in [-0.39, 0.29) is 18.4 Å². The van der Waals surface area contributed by atoms with Crippen molar-refractivity contribution in [3.05, 3.63) is 75.7 Å². The van der Waals surface area contributed by atoms with Gasteiger partial charge in [-0.05, 0) is 80.6 Å². The average Bonchev–Trinajstić information content (AvgIpc) is 2.86. The molecular formula is C29H34ClN5O. The number of likely N-dealkylation sites (N-methyl/N-ethyl adjacent to an activating group) is 1. The largest absolute Gasteiger partial charge is 0.369 e. The highest BCUT2D eigenvalue weighted by Gasteiger charge is 2.26. The SMILES string of the molecule is Cc1cc(Cl)ccc1-c1cnc(CC(=O)N[C@H]2CCc3c(C)ccc(N4CCN(C)CC4)c3C2)cn1. The fraction of sp³-hybridized carbons (Fsp3) is 0.414. The summed E-state index contributed by atoms with van der Waals surface area (Å²) < 4.78 is 0. The summed E-state index contributed by atoms with van der Waals surface area (Å²) in [5.74, 6) is 0.00183. The Morgan fingerprint density at radius 2 is 1.83 bits per heavy atom. The van der Waals surface area contributed by atoms with Crippen LogP contribution < -0.4 is 10.2 Å². The molecule has 3 aromatic rings. The number of aryl methyl sites for hydroxylation is 2. The van der Waals surface area contributed by atoms with Crippen LogP contribution >= 0.6 is 11.6 Å². The van der Waals surface area contributed by atoms with Gasteiger partial charge in [0.05, 0.1) is 24.0 Å².